The van der Waals surface area contributed by atoms with E-state index in [4.69, 9.17) is 11.6 Å². The Morgan fingerprint density at radius 3 is 2.94 bits per heavy atom. The van der Waals surface area contributed by atoms with Crippen LogP contribution in [0.25, 0.3) is 11.2 Å². The topological polar surface area (TPSA) is 30.7 Å². The summed E-state index contributed by atoms with van der Waals surface area (Å²) in [6.07, 6.45) is 4.23. The number of alkyl halides is 1. The minimum Gasteiger partial charge on any atom is -0.308 e. The number of halogens is 2. The Morgan fingerprint density at radius 2 is 2.31 bits per heavy atom. The van der Waals surface area contributed by atoms with Gasteiger partial charge in [0.2, 0.25) is 0 Å². The minimum absolute atomic E-state index is 0.0754. The number of rotatable bonds is 2. The normalized spacial score (nSPS) is 17.9. The van der Waals surface area contributed by atoms with Gasteiger partial charge in [-0.15, -0.1) is 11.6 Å². The first-order valence-corrected chi connectivity index (χ1v) is 6.57. The molecule has 5 heteroatoms. The second-order valence-electron chi connectivity index (χ2n) is 4.18. The fourth-order valence-corrected chi connectivity index (χ4v) is 2.42. The number of hydrogen-bond acceptors (Lipinski definition) is 2. The number of imidazole rings is 1. The van der Waals surface area contributed by atoms with Gasteiger partial charge in [0.25, 0.3) is 0 Å². The Morgan fingerprint density at radius 1 is 1.56 bits per heavy atom. The highest BCUT2D eigenvalue weighted by molar-refractivity contribution is 9.10. The Labute approximate surface area is 107 Å². The van der Waals surface area contributed by atoms with Crippen molar-refractivity contribution in [1.29, 1.82) is 0 Å². The molecule has 0 aromatic carbocycles. The van der Waals surface area contributed by atoms with E-state index in [0.29, 0.717) is 6.04 Å². The predicted octanol–water partition coefficient (Wildman–Crippen LogP) is 3.83. The van der Waals surface area contributed by atoms with Crippen molar-refractivity contribution >= 4 is 38.7 Å². The van der Waals surface area contributed by atoms with Crippen LogP contribution in [0.1, 0.15) is 37.0 Å². The van der Waals surface area contributed by atoms with Crippen molar-refractivity contribution in [2.75, 3.05) is 0 Å². The van der Waals surface area contributed by atoms with Gasteiger partial charge < -0.3 is 4.57 Å². The highest BCUT2D eigenvalue weighted by atomic mass is 79.9. The minimum atomic E-state index is -0.0754. The van der Waals surface area contributed by atoms with Gasteiger partial charge in [-0.2, -0.15) is 0 Å². The Hall–Kier alpha value is -0.610. The van der Waals surface area contributed by atoms with Crippen LogP contribution in [0.2, 0.25) is 0 Å². The lowest BCUT2D eigenvalue weighted by atomic mass is 10.4. The van der Waals surface area contributed by atoms with E-state index in [-0.39, 0.29) is 5.38 Å². The molecule has 2 aromatic heterocycles. The summed E-state index contributed by atoms with van der Waals surface area (Å²) < 4.78 is 3.15. The molecule has 0 spiro atoms. The fraction of sp³-hybridized carbons (Fsp3) is 0.455. The number of aromatic nitrogens is 3. The van der Waals surface area contributed by atoms with Gasteiger partial charge in [0.1, 0.15) is 11.3 Å². The molecule has 1 atom stereocenters. The van der Waals surface area contributed by atoms with E-state index in [1.807, 2.05) is 19.2 Å². The molecular formula is C11H11BrClN3. The van der Waals surface area contributed by atoms with Crippen molar-refractivity contribution in [1.82, 2.24) is 14.5 Å². The van der Waals surface area contributed by atoms with E-state index >= 15 is 0 Å². The van der Waals surface area contributed by atoms with Gasteiger partial charge in [0, 0.05) is 16.7 Å². The molecule has 1 aliphatic rings. The Bertz CT molecular complexity index is 545. The Balaban J connectivity index is 2.28. The summed E-state index contributed by atoms with van der Waals surface area (Å²) in [6.45, 7) is 1.96. The van der Waals surface area contributed by atoms with Gasteiger partial charge in [-0.1, -0.05) is 0 Å². The third kappa shape index (κ3) is 1.64. The first kappa shape index (κ1) is 10.5. The van der Waals surface area contributed by atoms with Gasteiger partial charge in [-0.25, -0.2) is 9.97 Å². The molecule has 0 radical (unpaired) electrons. The van der Waals surface area contributed by atoms with Crippen molar-refractivity contribution in [2.45, 2.75) is 31.2 Å². The Kier molecular flexibility index (Phi) is 2.44. The summed E-state index contributed by atoms with van der Waals surface area (Å²) in [5.41, 5.74) is 1.87. The van der Waals surface area contributed by atoms with Crippen LogP contribution in [0.15, 0.2) is 16.7 Å². The average Bonchev–Trinajstić information content (AvgIpc) is 2.99. The molecule has 1 aliphatic carbocycles. The van der Waals surface area contributed by atoms with Crippen LogP contribution < -0.4 is 0 Å². The van der Waals surface area contributed by atoms with Gasteiger partial charge in [0.15, 0.2) is 5.65 Å². The zero-order chi connectivity index (χ0) is 11.3. The van der Waals surface area contributed by atoms with Crippen LogP contribution in [0.4, 0.5) is 0 Å². The maximum absolute atomic E-state index is 6.17. The number of fused-ring (bicyclic) bond motifs is 1. The monoisotopic (exact) mass is 299 g/mol. The molecule has 3 nitrogen and oxygen atoms in total. The van der Waals surface area contributed by atoms with E-state index in [1.54, 1.807) is 0 Å². The molecule has 84 valence electrons. The van der Waals surface area contributed by atoms with Gasteiger partial charge in [-0.05, 0) is 41.8 Å². The number of pyridine rings is 1. The van der Waals surface area contributed by atoms with Crippen LogP contribution in [0.3, 0.4) is 0 Å². The van der Waals surface area contributed by atoms with E-state index in [0.717, 1.165) is 21.5 Å². The van der Waals surface area contributed by atoms with Crippen molar-refractivity contribution < 1.29 is 0 Å². The molecule has 0 N–H and O–H groups in total. The zero-order valence-electron chi connectivity index (χ0n) is 8.82. The third-order valence-corrected chi connectivity index (χ3v) is 3.42. The molecule has 16 heavy (non-hydrogen) atoms. The third-order valence-electron chi connectivity index (χ3n) is 2.79. The molecule has 2 aromatic rings. The van der Waals surface area contributed by atoms with Crippen molar-refractivity contribution in [3.63, 3.8) is 0 Å². The maximum atomic E-state index is 6.17. The molecule has 0 aliphatic heterocycles. The van der Waals surface area contributed by atoms with E-state index in [2.05, 4.69) is 30.5 Å². The lowest BCUT2D eigenvalue weighted by molar-refractivity contribution is 0.694. The average molecular weight is 301 g/mol. The maximum Gasteiger partial charge on any atom is 0.160 e. The second kappa shape index (κ2) is 3.70. The lowest BCUT2D eigenvalue weighted by Crippen LogP contribution is -2.02. The fourth-order valence-electron chi connectivity index (χ4n) is 1.95. The first-order chi connectivity index (χ1) is 7.66. The highest BCUT2D eigenvalue weighted by Gasteiger charge is 2.30. The van der Waals surface area contributed by atoms with Crippen LogP contribution in [0.5, 0.6) is 0 Å². The lowest BCUT2D eigenvalue weighted by Gasteiger charge is -2.07. The molecule has 0 saturated heterocycles. The molecular weight excluding hydrogens is 289 g/mol. The standard InChI is InChI=1S/C11H11BrClN3/c1-6(13)10-15-9-4-7(12)5-14-11(9)16(10)8-2-3-8/h4-6,8H,2-3H2,1H3. The largest absolute Gasteiger partial charge is 0.308 e. The molecule has 1 unspecified atom stereocenters. The summed E-state index contributed by atoms with van der Waals surface area (Å²) in [7, 11) is 0. The van der Waals surface area contributed by atoms with Crippen molar-refractivity contribution in [2.24, 2.45) is 0 Å². The summed E-state index contributed by atoms with van der Waals surface area (Å²) in [5, 5.41) is -0.0754. The van der Waals surface area contributed by atoms with Crippen LogP contribution in [-0.4, -0.2) is 14.5 Å². The molecule has 3 rings (SSSR count). The second-order valence-corrected chi connectivity index (χ2v) is 5.75. The summed E-state index contributed by atoms with van der Waals surface area (Å²) in [6, 6.07) is 2.54. The van der Waals surface area contributed by atoms with Gasteiger partial charge in [0.05, 0.1) is 5.38 Å². The van der Waals surface area contributed by atoms with Crippen molar-refractivity contribution in [3.05, 3.63) is 22.6 Å². The summed E-state index contributed by atoms with van der Waals surface area (Å²) in [5.74, 6) is 0.935. The zero-order valence-corrected chi connectivity index (χ0v) is 11.2. The highest BCUT2D eigenvalue weighted by Crippen LogP contribution is 2.40. The van der Waals surface area contributed by atoms with Gasteiger partial charge >= 0.3 is 0 Å². The number of hydrogen-bond donors (Lipinski definition) is 0. The van der Waals surface area contributed by atoms with Crippen LogP contribution in [0, 0.1) is 0 Å². The van der Waals surface area contributed by atoms with Crippen molar-refractivity contribution in [3.8, 4) is 0 Å². The smallest absolute Gasteiger partial charge is 0.160 e. The summed E-state index contributed by atoms with van der Waals surface area (Å²) >= 11 is 9.58. The van der Waals surface area contributed by atoms with Gasteiger partial charge in [-0.3, -0.25) is 0 Å². The van der Waals surface area contributed by atoms with E-state index < -0.39 is 0 Å². The van der Waals surface area contributed by atoms with E-state index in [9.17, 15) is 0 Å². The summed E-state index contributed by atoms with van der Waals surface area (Å²) in [4.78, 5) is 9.01. The molecule has 0 bridgehead atoms. The first-order valence-electron chi connectivity index (χ1n) is 5.34. The predicted molar refractivity (Wildman–Crippen MR) is 67.8 cm³/mol. The number of nitrogens with zero attached hydrogens (tertiary/aromatic N) is 3. The molecule has 2 heterocycles. The SMILES string of the molecule is CC(Cl)c1nc2cc(Br)cnc2n1C1CC1. The van der Waals surface area contributed by atoms with Crippen LogP contribution >= 0.6 is 27.5 Å². The quantitative estimate of drug-likeness (QED) is 0.789. The molecule has 0 amide bonds. The molecule has 1 saturated carbocycles. The van der Waals surface area contributed by atoms with Crippen LogP contribution in [-0.2, 0) is 0 Å². The molecule has 1 fully saturated rings. The van der Waals surface area contributed by atoms with E-state index in [1.165, 1.54) is 12.8 Å².